The normalized spacial score (nSPS) is 23.8. The Hall–Kier alpha value is -2.15. The molecule has 0 unspecified atom stereocenters. The summed E-state index contributed by atoms with van der Waals surface area (Å²) >= 11 is 0. The SMILES string of the molecule is Cn1ccnc1[C@@H]1OCC[C@H]1C(=O)N1CCC(CCCn2ccnc2)CC1. The Morgan fingerprint density at radius 1 is 1.22 bits per heavy atom. The van der Waals surface area contributed by atoms with Gasteiger partial charge in [-0.05, 0) is 38.0 Å². The molecule has 2 atom stereocenters. The van der Waals surface area contributed by atoms with Crippen LogP contribution in [0.2, 0.25) is 0 Å². The minimum Gasteiger partial charge on any atom is -0.369 e. The summed E-state index contributed by atoms with van der Waals surface area (Å²) in [5.74, 6) is 1.74. The van der Waals surface area contributed by atoms with Gasteiger partial charge in [-0.15, -0.1) is 0 Å². The van der Waals surface area contributed by atoms with E-state index in [1.807, 2.05) is 36.5 Å². The van der Waals surface area contributed by atoms with Crippen molar-refractivity contribution in [2.75, 3.05) is 19.7 Å². The van der Waals surface area contributed by atoms with Gasteiger partial charge in [0.2, 0.25) is 5.91 Å². The molecule has 0 saturated carbocycles. The summed E-state index contributed by atoms with van der Waals surface area (Å²) in [6.07, 6.45) is 14.6. The largest absolute Gasteiger partial charge is 0.369 e. The number of imidazole rings is 2. The third kappa shape index (κ3) is 4.08. The lowest BCUT2D eigenvalue weighted by molar-refractivity contribution is -0.139. The van der Waals surface area contributed by atoms with Gasteiger partial charge >= 0.3 is 0 Å². The van der Waals surface area contributed by atoms with E-state index in [-0.39, 0.29) is 17.9 Å². The number of aromatic nitrogens is 4. The topological polar surface area (TPSA) is 65.2 Å². The number of hydrogen-bond acceptors (Lipinski definition) is 4. The Morgan fingerprint density at radius 3 is 2.78 bits per heavy atom. The van der Waals surface area contributed by atoms with Gasteiger partial charge in [-0.2, -0.15) is 0 Å². The van der Waals surface area contributed by atoms with Crippen LogP contribution < -0.4 is 0 Å². The van der Waals surface area contributed by atoms with Gasteiger partial charge in [-0.1, -0.05) is 0 Å². The summed E-state index contributed by atoms with van der Waals surface area (Å²) in [5, 5.41) is 0. The Bertz CT molecular complexity index is 733. The zero-order chi connectivity index (χ0) is 18.6. The van der Waals surface area contributed by atoms with Crippen LogP contribution in [0.4, 0.5) is 0 Å². The molecule has 2 aromatic heterocycles. The Kier molecular flexibility index (Phi) is 5.57. The number of carbonyl (C=O) groups is 1. The van der Waals surface area contributed by atoms with E-state index in [0.29, 0.717) is 6.61 Å². The number of rotatable bonds is 6. The number of ether oxygens (including phenoxy) is 1. The molecular weight excluding hydrogens is 342 g/mol. The number of piperidine rings is 1. The van der Waals surface area contributed by atoms with Crippen molar-refractivity contribution in [2.45, 2.75) is 44.8 Å². The van der Waals surface area contributed by atoms with Crippen LogP contribution in [0.25, 0.3) is 0 Å². The fourth-order valence-electron chi connectivity index (χ4n) is 4.41. The molecular formula is C20H29N5O2. The lowest BCUT2D eigenvalue weighted by Gasteiger charge is -2.34. The molecule has 0 radical (unpaired) electrons. The minimum absolute atomic E-state index is 0.0936. The summed E-state index contributed by atoms with van der Waals surface area (Å²) in [5.41, 5.74) is 0. The van der Waals surface area contributed by atoms with Crippen molar-refractivity contribution in [3.05, 3.63) is 36.9 Å². The van der Waals surface area contributed by atoms with Crippen molar-refractivity contribution < 1.29 is 9.53 Å². The highest BCUT2D eigenvalue weighted by Gasteiger charge is 2.40. The second-order valence-corrected chi connectivity index (χ2v) is 7.79. The highest BCUT2D eigenvalue weighted by Crippen LogP contribution is 2.35. The van der Waals surface area contributed by atoms with Gasteiger partial charge in [-0.25, -0.2) is 9.97 Å². The van der Waals surface area contributed by atoms with Gasteiger partial charge in [0.05, 0.1) is 12.2 Å². The monoisotopic (exact) mass is 371 g/mol. The van der Waals surface area contributed by atoms with E-state index in [1.165, 1.54) is 12.8 Å². The van der Waals surface area contributed by atoms with Gasteiger partial charge in [0.15, 0.2) is 0 Å². The van der Waals surface area contributed by atoms with Crippen molar-refractivity contribution in [1.29, 1.82) is 0 Å². The average Bonchev–Trinajstić information content (AvgIpc) is 3.43. The molecule has 0 N–H and O–H groups in total. The molecule has 7 heteroatoms. The Morgan fingerprint density at radius 2 is 2.07 bits per heavy atom. The number of nitrogens with zero attached hydrogens (tertiary/aromatic N) is 5. The fourth-order valence-corrected chi connectivity index (χ4v) is 4.41. The first-order valence-electron chi connectivity index (χ1n) is 10.1. The van der Waals surface area contributed by atoms with Crippen LogP contribution in [0.5, 0.6) is 0 Å². The lowest BCUT2D eigenvalue weighted by Crippen LogP contribution is -2.42. The molecule has 27 heavy (non-hydrogen) atoms. The quantitative estimate of drug-likeness (QED) is 0.782. The molecule has 1 amide bonds. The molecule has 2 aliphatic rings. The zero-order valence-corrected chi connectivity index (χ0v) is 16.0. The van der Waals surface area contributed by atoms with Crippen LogP contribution in [-0.2, 0) is 23.1 Å². The van der Waals surface area contributed by atoms with Crippen molar-refractivity contribution in [2.24, 2.45) is 18.9 Å². The van der Waals surface area contributed by atoms with Gasteiger partial charge in [0.25, 0.3) is 0 Å². The summed E-state index contributed by atoms with van der Waals surface area (Å²) in [6.45, 7) is 3.42. The highest BCUT2D eigenvalue weighted by atomic mass is 16.5. The first-order chi connectivity index (χ1) is 13.2. The standard InChI is InChI=1S/C20H29N5O2/c1-23-12-8-22-19(23)18-17(6-14-27-18)20(26)25-10-4-16(5-11-25)3-2-9-24-13-7-21-15-24/h7-8,12-13,15-18H,2-6,9-11,14H2,1H3/t17-,18-/m1/s1. The van der Waals surface area contributed by atoms with Crippen molar-refractivity contribution in [1.82, 2.24) is 24.0 Å². The Balaban J connectivity index is 1.26. The van der Waals surface area contributed by atoms with Crippen molar-refractivity contribution in [3.63, 3.8) is 0 Å². The van der Waals surface area contributed by atoms with E-state index in [2.05, 4.69) is 19.4 Å². The first-order valence-corrected chi connectivity index (χ1v) is 10.1. The number of aryl methyl sites for hydroxylation is 2. The number of carbonyl (C=O) groups excluding carboxylic acids is 1. The number of likely N-dealkylation sites (tertiary alicyclic amines) is 1. The molecule has 2 aromatic rings. The van der Waals surface area contributed by atoms with E-state index >= 15 is 0 Å². The number of amides is 1. The molecule has 2 saturated heterocycles. The molecule has 7 nitrogen and oxygen atoms in total. The van der Waals surface area contributed by atoms with E-state index in [1.54, 1.807) is 6.20 Å². The van der Waals surface area contributed by atoms with Crippen LogP contribution in [0, 0.1) is 11.8 Å². The van der Waals surface area contributed by atoms with Gasteiger partial charge < -0.3 is 18.8 Å². The molecule has 0 spiro atoms. The summed E-state index contributed by atoms with van der Waals surface area (Å²) in [7, 11) is 1.96. The maximum Gasteiger partial charge on any atom is 0.228 e. The molecule has 146 valence electrons. The van der Waals surface area contributed by atoms with E-state index in [9.17, 15) is 4.79 Å². The third-order valence-corrected chi connectivity index (χ3v) is 6.04. The fraction of sp³-hybridized carbons (Fsp3) is 0.650. The van der Waals surface area contributed by atoms with Crippen LogP contribution in [0.1, 0.15) is 44.0 Å². The molecule has 0 bridgehead atoms. The minimum atomic E-state index is -0.203. The zero-order valence-electron chi connectivity index (χ0n) is 16.0. The van der Waals surface area contributed by atoms with E-state index in [4.69, 9.17) is 4.74 Å². The van der Waals surface area contributed by atoms with Gasteiger partial charge in [0, 0.05) is 58.1 Å². The van der Waals surface area contributed by atoms with E-state index in [0.717, 1.165) is 50.6 Å². The summed E-state index contributed by atoms with van der Waals surface area (Å²) < 4.78 is 9.97. The summed E-state index contributed by atoms with van der Waals surface area (Å²) in [4.78, 5) is 23.6. The predicted octanol–water partition coefficient (Wildman–Crippen LogP) is 2.41. The molecule has 2 fully saturated rings. The molecule has 4 heterocycles. The number of hydrogen-bond donors (Lipinski definition) is 0. The van der Waals surface area contributed by atoms with Crippen LogP contribution in [0.15, 0.2) is 31.1 Å². The maximum atomic E-state index is 13.1. The predicted molar refractivity (Wildman–Crippen MR) is 101 cm³/mol. The molecule has 2 aliphatic heterocycles. The second-order valence-electron chi connectivity index (χ2n) is 7.79. The first kappa shape index (κ1) is 18.2. The van der Waals surface area contributed by atoms with Crippen molar-refractivity contribution in [3.8, 4) is 0 Å². The van der Waals surface area contributed by atoms with Gasteiger partial charge in [-0.3, -0.25) is 4.79 Å². The van der Waals surface area contributed by atoms with Gasteiger partial charge in [0.1, 0.15) is 11.9 Å². The van der Waals surface area contributed by atoms with Crippen LogP contribution in [0.3, 0.4) is 0 Å². The lowest BCUT2D eigenvalue weighted by atomic mass is 9.90. The van der Waals surface area contributed by atoms with E-state index < -0.39 is 0 Å². The van der Waals surface area contributed by atoms with Crippen LogP contribution in [-0.4, -0.2) is 49.6 Å². The van der Waals surface area contributed by atoms with Crippen molar-refractivity contribution >= 4 is 5.91 Å². The molecule has 4 rings (SSSR count). The summed E-state index contributed by atoms with van der Waals surface area (Å²) in [6, 6.07) is 0. The third-order valence-electron chi connectivity index (χ3n) is 6.04. The van der Waals surface area contributed by atoms with Crippen LogP contribution >= 0.6 is 0 Å². The molecule has 0 aliphatic carbocycles. The Labute approximate surface area is 160 Å². The average molecular weight is 371 g/mol. The maximum absolute atomic E-state index is 13.1. The smallest absolute Gasteiger partial charge is 0.228 e. The highest BCUT2D eigenvalue weighted by molar-refractivity contribution is 5.80. The second kappa shape index (κ2) is 8.25. The molecule has 0 aromatic carbocycles.